The van der Waals surface area contributed by atoms with E-state index in [1.165, 1.54) is 17.8 Å². The third-order valence-corrected chi connectivity index (χ3v) is 4.67. The first-order chi connectivity index (χ1) is 12.5. The molecule has 1 aromatic heterocycles. The summed E-state index contributed by atoms with van der Waals surface area (Å²) < 4.78 is 0. The Bertz CT molecular complexity index is 829. The van der Waals surface area contributed by atoms with Crippen molar-refractivity contribution in [1.29, 1.82) is 5.26 Å². The molecule has 0 aliphatic heterocycles. The summed E-state index contributed by atoms with van der Waals surface area (Å²) in [6.45, 7) is 4.13. The van der Waals surface area contributed by atoms with Gasteiger partial charge in [-0.3, -0.25) is 9.59 Å². The highest BCUT2D eigenvalue weighted by Gasteiger charge is 2.23. The zero-order valence-electron chi connectivity index (χ0n) is 14.9. The van der Waals surface area contributed by atoms with E-state index in [0.717, 1.165) is 24.2 Å². The Kier molecular flexibility index (Phi) is 7.42. The highest BCUT2D eigenvalue weighted by atomic mass is 32.2. The zero-order chi connectivity index (χ0) is 18.9. The summed E-state index contributed by atoms with van der Waals surface area (Å²) in [5, 5.41) is 8.88. The van der Waals surface area contributed by atoms with Gasteiger partial charge < -0.3 is 9.88 Å². The molecule has 1 aromatic carbocycles. The molecule has 26 heavy (non-hydrogen) atoms. The van der Waals surface area contributed by atoms with Crippen molar-refractivity contribution in [2.24, 2.45) is 0 Å². The van der Waals surface area contributed by atoms with Crippen LogP contribution in [0.15, 0.2) is 46.3 Å². The van der Waals surface area contributed by atoms with Crippen LogP contribution in [0, 0.1) is 11.3 Å². The number of nitrogens with zero attached hydrogens (tertiary/aromatic N) is 3. The molecular formula is C19H22N4O2S. The second-order valence-electron chi connectivity index (χ2n) is 5.79. The van der Waals surface area contributed by atoms with Gasteiger partial charge in [0.15, 0.2) is 5.16 Å². The molecule has 0 radical (unpaired) electrons. The molecule has 0 bridgehead atoms. The van der Waals surface area contributed by atoms with Crippen LogP contribution >= 0.6 is 11.8 Å². The van der Waals surface area contributed by atoms with Gasteiger partial charge in [0.2, 0.25) is 5.91 Å². The second kappa shape index (κ2) is 9.78. The number of rotatable bonds is 8. The number of amides is 1. The predicted molar refractivity (Wildman–Crippen MR) is 103 cm³/mol. The first-order valence-electron chi connectivity index (χ1n) is 8.55. The molecule has 1 amide bonds. The van der Waals surface area contributed by atoms with Crippen molar-refractivity contribution in [3.8, 4) is 6.07 Å². The number of carbonyl (C=O) groups excluding carboxylic acids is 1. The Labute approximate surface area is 157 Å². The Morgan fingerprint density at radius 3 is 2.77 bits per heavy atom. The minimum absolute atomic E-state index is 0.125. The van der Waals surface area contributed by atoms with Gasteiger partial charge >= 0.3 is 0 Å². The lowest BCUT2D eigenvalue weighted by Gasteiger charge is -2.24. The van der Waals surface area contributed by atoms with Crippen LogP contribution in [-0.2, 0) is 11.2 Å². The molecule has 0 aliphatic rings. The van der Waals surface area contributed by atoms with Crippen LogP contribution in [0.25, 0.3) is 0 Å². The van der Waals surface area contributed by atoms with Crippen LogP contribution in [0.1, 0.15) is 32.4 Å². The van der Waals surface area contributed by atoms with E-state index in [1.807, 2.05) is 37.3 Å². The number of aryl methyl sites for hydroxylation is 1. The van der Waals surface area contributed by atoms with Crippen molar-refractivity contribution in [1.82, 2.24) is 9.97 Å². The number of H-pyrrole nitrogens is 1. The Morgan fingerprint density at radius 2 is 2.12 bits per heavy atom. The molecule has 0 saturated carbocycles. The summed E-state index contributed by atoms with van der Waals surface area (Å²) in [6.07, 6.45) is 1.86. The van der Waals surface area contributed by atoms with Gasteiger partial charge in [0.1, 0.15) is 0 Å². The van der Waals surface area contributed by atoms with Gasteiger partial charge in [-0.15, -0.1) is 0 Å². The van der Waals surface area contributed by atoms with Crippen LogP contribution < -0.4 is 10.5 Å². The van der Waals surface area contributed by atoms with E-state index in [-0.39, 0.29) is 17.9 Å². The van der Waals surface area contributed by atoms with Gasteiger partial charge in [0, 0.05) is 24.0 Å². The fourth-order valence-corrected chi connectivity index (χ4v) is 3.39. The number of anilines is 1. The molecule has 0 fully saturated rings. The molecule has 7 heteroatoms. The molecule has 6 nitrogen and oxygen atoms in total. The largest absolute Gasteiger partial charge is 0.310 e. The van der Waals surface area contributed by atoms with E-state index in [0.29, 0.717) is 11.7 Å². The minimum atomic E-state index is -0.450. The fraction of sp³-hybridized carbons (Fsp3) is 0.368. The van der Waals surface area contributed by atoms with E-state index in [9.17, 15) is 9.59 Å². The monoisotopic (exact) mass is 370 g/mol. The van der Waals surface area contributed by atoms with Crippen molar-refractivity contribution in [2.75, 3.05) is 11.4 Å². The Hall–Kier alpha value is -2.59. The maximum atomic E-state index is 12.9. The molecule has 1 N–H and O–H groups in total. The first-order valence-corrected chi connectivity index (χ1v) is 9.43. The maximum Gasteiger partial charge on any atom is 0.251 e. The highest BCUT2D eigenvalue weighted by molar-refractivity contribution is 8.00. The molecule has 2 rings (SSSR count). The van der Waals surface area contributed by atoms with Crippen LogP contribution in [0.4, 0.5) is 5.69 Å². The molecule has 1 heterocycles. The van der Waals surface area contributed by atoms with Crippen molar-refractivity contribution >= 4 is 23.4 Å². The number of aromatic amines is 1. The molecule has 1 unspecified atom stereocenters. The molecule has 1 atom stereocenters. The Morgan fingerprint density at radius 1 is 1.38 bits per heavy atom. The predicted octanol–water partition coefficient (Wildman–Crippen LogP) is 3.15. The number of hydrogen-bond acceptors (Lipinski definition) is 5. The van der Waals surface area contributed by atoms with E-state index in [2.05, 4.69) is 16.0 Å². The lowest BCUT2D eigenvalue weighted by molar-refractivity contribution is -0.117. The number of carbonyl (C=O) groups is 1. The number of thioether (sulfide) groups is 1. The molecule has 0 saturated heterocycles. The molecule has 2 aromatic rings. The molecule has 136 valence electrons. The maximum absolute atomic E-state index is 12.9. The number of para-hydroxylation sites is 1. The van der Waals surface area contributed by atoms with Gasteiger partial charge in [-0.05, 0) is 25.5 Å². The minimum Gasteiger partial charge on any atom is -0.310 e. The van der Waals surface area contributed by atoms with E-state index < -0.39 is 5.25 Å². The van der Waals surface area contributed by atoms with Gasteiger partial charge in [0.25, 0.3) is 5.56 Å². The number of benzene rings is 1. The lowest BCUT2D eigenvalue weighted by Crippen LogP contribution is -2.37. The standard InChI is InChI=1S/C19H22N4O2S/c1-3-8-15-13-17(24)22-19(21-15)26-14(2)18(25)23(12-7-11-20)16-9-5-4-6-10-16/h4-6,9-10,13-14H,3,7-8,12H2,1-2H3,(H,21,22,24). The average Bonchev–Trinajstić information content (AvgIpc) is 2.62. The van der Waals surface area contributed by atoms with E-state index >= 15 is 0 Å². The van der Waals surface area contributed by atoms with Gasteiger partial charge in [-0.25, -0.2) is 4.98 Å². The van der Waals surface area contributed by atoms with Gasteiger partial charge in [0.05, 0.1) is 17.7 Å². The first kappa shape index (κ1) is 19.7. The number of aromatic nitrogens is 2. The summed E-state index contributed by atoms with van der Waals surface area (Å²) in [6, 6.07) is 12.8. The number of nitriles is 1. The van der Waals surface area contributed by atoms with Crippen molar-refractivity contribution in [2.45, 2.75) is 43.5 Å². The zero-order valence-corrected chi connectivity index (χ0v) is 15.8. The van der Waals surface area contributed by atoms with Crippen molar-refractivity contribution in [3.05, 3.63) is 52.4 Å². The van der Waals surface area contributed by atoms with Crippen LogP contribution in [0.5, 0.6) is 0 Å². The molecule has 0 spiro atoms. The number of nitrogens with one attached hydrogen (secondary N) is 1. The second-order valence-corrected chi connectivity index (χ2v) is 7.12. The lowest BCUT2D eigenvalue weighted by atomic mass is 10.2. The average molecular weight is 370 g/mol. The van der Waals surface area contributed by atoms with Crippen molar-refractivity contribution in [3.63, 3.8) is 0 Å². The third-order valence-electron chi connectivity index (χ3n) is 3.70. The van der Waals surface area contributed by atoms with E-state index in [4.69, 9.17) is 5.26 Å². The SMILES string of the molecule is CCCc1cc(=O)[nH]c(SC(C)C(=O)N(CCC#N)c2ccccc2)n1. The topological polar surface area (TPSA) is 89.9 Å². The summed E-state index contributed by atoms with van der Waals surface area (Å²) in [5.74, 6) is -0.125. The quantitative estimate of drug-likeness (QED) is 0.569. The fourth-order valence-electron chi connectivity index (χ4n) is 2.50. The molecular weight excluding hydrogens is 348 g/mol. The smallest absolute Gasteiger partial charge is 0.251 e. The van der Waals surface area contributed by atoms with E-state index in [1.54, 1.807) is 11.8 Å². The Balaban J connectivity index is 2.18. The van der Waals surface area contributed by atoms with Crippen molar-refractivity contribution < 1.29 is 4.79 Å². The van der Waals surface area contributed by atoms with Crippen LogP contribution in [0.2, 0.25) is 0 Å². The normalized spacial score (nSPS) is 11.6. The molecule has 0 aliphatic carbocycles. The summed E-state index contributed by atoms with van der Waals surface area (Å²) >= 11 is 1.22. The third kappa shape index (κ3) is 5.46. The van der Waals surface area contributed by atoms with Crippen LogP contribution in [0.3, 0.4) is 0 Å². The van der Waals surface area contributed by atoms with Crippen LogP contribution in [-0.4, -0.2) is 27.7 Å². The summed E-state index contributed by atoms with van der Waals surface area (Å²) in [7, 11) is 0. The highest BCUT2D eigenvalue weighted by Crippen LogP contribution is 2.23. The summed E-state index contributed by atoms with van der Waals surface area (Å²) in [4.78, 5) is 33.4. The number of hydrogen-bond donors (Lipinski definition) is 1. The van der Waals surface area contributed by atoms with Gasteiger partial charge in [-0.2, -0.15) is 5.26 Å². The summed E-state index contributed by atoms with van der Waals surface area (Å²) in [5.41, 5.74) is 1.26. The van der Waals surface area contributed by atoms with Gasteiger partial charge in [-0.1, -0.05) is 43.3 Å².